The summed E-state index contributed by atoms with van der Waals surface area (Å²) < 4.78 is 12.0. The van der Waals surface area contributed by atoms with Gasteiger partial charge in [-0.3, -0.25) is 0 Å². The molecule has 0 bridgehead atoms. The Bertz CT molecular complexity index is 506. The van der Waals surface area contributed by atoms with Crippen LogP contribution >= 0.6 is 12.2 Å². The first-order valence-electron chi connectivity index (χ1n) is 6.53. The summed E-state index contributed by atoms with van der Waals surface area (Å²) in [6.45, 7) is 4.24. The van der Waals surface area contributed by atoms with E-state index in [4.69, 9.17) is 21.7 Å². The summed E-state index contributed by atoms with van der Waals surface area (Å²) >= 11 is 5.38. The standard InChI is InChI=1S/C13H18N2O2S/c1-13(5-2-3-6-17-13)12-14-10-4-7-16-8-9(10)11(18)15-12/h2-8H2,1H3,(H,14,15,18). The van der Waals surface area contributed by atoms with Crippen molar-refractivity contribution in [3.8, 4) is 0 Å². The molecule has 0 spiro atoms. The van der Waals surface area contributed by atoms with Crippen LogP contribution in [0.4, 0.5) is 0 Å². The highest BCUT2D eigenvalue weighted by Gasteiger charge is 2.33. The van der Waals surface area contributed by atoms with Gasteiger partial charge < -0.3 is 14.5 Å². The fraction of sp³-hybridized carbons (Fsp3) is 0.692. The molecule has 5 heteroatoms. The molecule has 1 fully saturated rings. The predicted molar refractivity (Wildman–Crippen MR) is 69.9 cm³/mol. The molecule has 1 N–H and O–H groups in total. The molecule has 1 unspecified atom stereocenters. The number of ether oxygens (including phenoxy) is 2. The van der Waals surface area contributed by atoms with Crippen molar-refractivity contribution in [2.45, 2.75) is 44.8 Å². The maximum atomic E-state index is 5.93. The SMILES string of the molecule is CC1(c2nc(=S)c3c([nH]2)CCOC3)CCCCO1. The number of hydrogen-bond acceptors (Lipinski definition) is 4. The molecule has 98 valence electrons. The van der Waals surface area contributed by atoms with Crippen molar-refractivity contribution in [1.29, 1.82) is 0 Å². The fourth-order valence-electron chi connectivity index (χ4n) is 2.63. The Morgan fingerprint density at radius 1 is 1.33 bits per heavy atom. The van der Waals surface area contributed by atoms with Crippen LogP contribution in [-0.4, -0.2) is 23.2 Å². The third-order valence-electron chi connectivity index (χ3n) is 3.82. The largest absolute Gasteiger partial charge is 0.376 e. The van der Waals surface area contributed by atoms with E-state index in [0.717, 1.165) is 43.9 Å². The van der Waals surface area contributed by atoms with Gasteiger partial charge in [0.15, 0.2) is 0 Å². The number of hydrogen-bond donors (Lipinski definition) is 1. The molecule has 0 saturated carbocycles. The molecule has 1 saturated heterocycles. The van der Waals surface area contributed by atoms with Gasteiger partial charge in [0.25, 0.3) is 0 Å². The zero-order chi connectivity index (χ0) is 12.6. The Morgan fingerprint density at radius 2 is 2.22 bits per heavy atom. The van der Waals surface area contributed by atoms with E-state index in [-0.39, 0.29) is 5.60 Å². The van der Waals surface area contributed by atoms with Crippen LogP contribution in [0.1, 0.15) is 43.3 Å². The molecule has 2 aliphatic heterocycles. The van der Waals surface area contributed by atoms with Crippen LogP contribution in [0.5, 0.6) is 0 Å². The van der Waals surface area contributed by atoms with Crippen LogP contribution in [0.25, 0.3) is 0 Å². The second-order valence-corrected chi connectivity index (χ2v) is 5.57. The highest BCUT2D eigenvalue weighted by molar-refractivity contribution is 7.71. The van der Waals surface area contributed by atoms with E-state index in [9.17, 15) is 0 Å². The molecule has 0 radical (unpaired) electrons. The Morgan fingerprint density at radius 3 is 3.00 bits per heavy atom. The molecular weight excluding hydrogens is 248 g/mol. The molecule has 1 atom stereocenters. The first-order valence-corrected chi connectivity index (χ1v) is 6.94. The summed E-state index contributed by atoms with van der Waals surface area (Å²) in [6.07, 6.45) is 4.19. The third-order valence-corrected chi connectivity index (χ3v) is 4.16. The first-order chi connectivity index (χ1) is 8.69. The number of nitrogens with one attached hydrogen (secondary N) is 1. The molecule has 0 amide bonds. The average Bonchev–Trinajstić information content (AvgIpc) is 2.39. The van der Waals surface area contributed by atoms with Crippen LogP contribution in [0, 0.1) is 4.64 Å². The maximum absolute atomic E-state index is 5.93. The van der Waals surface area contributed by atoms with Crippen molar-refractivity contribution in [3.05, 3.63) is 21.7 Å². The number of fused-ring (bicyclic) bond motifs is 1. The third kappa shape index (κ3) is 2.11. The molecule has 3 rings (SSSR count). The van der Waals surface area contributed by atoms with E-state index in [2.05, 4.69) is 16.9 Å². The average molecular weight is 266 g/mol. The highest BCUT2D eigenvalue weighted by Crippen LogP contribution is 2.33. The monoisotopic (exact) mass is 266 g/mol. The molecular formula is C13H18N2O2S. The summed E-state index contributed by atoms with van der Waals surface area (Å²) in [6, 6.07) is 0. The molecule has 1 aromatic rings. The molecule has 1 aromatic heterocycles. The topological polar surface area (TPSA) is 47.1 Å². The van der Waals surface area contributed by atoms with Crippen molar-refractivity contribution >= 4 is 12.2 Å². The minimum absolute atomic E-state index is 0.306. The van der Waals surface area contributed by atoms with Gasteiger partial charge in [-0.05, 0) is 26.2 Å². The van der Waals surface area contributed by atoms with E-state index in [1.807, 2.05) is 0 Å². The lowest BCUT2D eigenvalue weighted by Gasteiger charge is -2.33. The smallest absolute Gasteiger partial charge is 0.140 e. The number of H-pyrrole nitrogens is 1. The van der Waals surface area contributed by atoms with Gasteiger partial charge in [0.1, 0.15) is 16.1 Å². The summed E-state index contributed by atoms with van der Waals surface area (Å²) in [5.41, 5.74) is 1.91. The van der Waals surface area contributed by atoms with E-state index >= 15 is 0 Å². The molecule has 3 heterocycles. The van der Waals surface area contributed by atoms with Gasteiger partial charge >= 0.3 is 0 Å². The first kappa shape index (κ1) is 12.3. The van der Waals surface area contributed by atoms with Crippen molar-refractivity contribution in [2.24, 2.45) is 0 Å². The van der Waals surface area contributed by atoms with Crippen LogP contribution < -0.4 is 0 Å². The Hall–Kier alpha value is -0.780. The zero-order valence-corrected chi connectivity index (χ0v) is 11.4. The van der Waals surface area contributed by atoms with Crippen LogP contribution in [0.2, 0.25) is 0 Å². The van der Waals surface area contributed by atoms with Gasteiger partial charge in [0.2, 0.25) is 0 Å². The Labute approximate surface area is 112 Å². The highest BCUT2D eigenvalue weighted by atomic mass is 32.1. The number of nitrogens with zero attached hydrogens (tertiary/aromatic N) is 1. The second kappa shape index (κ2) is 4.72. The number of aromatic amines is 1. The zero-order valence-electron chi connectivity index (χ0n) is 10.6. The van der Waals surface area contributed by atoms with Crippen molar-refractivity contribution < 1.29 is 9.47 Å². The minimum atomic E-state index is -0.306. The van der Waals surface area contributed by atoms with Gasteiger partial charge in [-0.2, -0.15) is 0 Å². The van der Waals surface area contributed by atoms with Crippen LogP contribution in [0.15, 0.2) is 0 Å². The van der Waals surface area contributed by atoms with Crippen molar-refractivity contribution in [2.75, 3.05) is 13.2 Å². The molecule has 4 nitrogen and oxygen atoms in total. The van der Waals surface area contributed by atoms with Gasteiger partial charge in [0.05, 0.1) is 13.2 Å². The van der Waals surface area contributed by atoms with Gasteiger partial charge in [-0.1, -0.05) is 12.2 Å². The minimum Gasteiger partial charge on any atom is -0.376 e. The Balaban J connectivity index is 2.02. The summed E-state index contributed by atoms with van der Waals surface area (Å²) in [5.74, 6) is 0.882. The van der Waals surface area contributed by atoms with Crippen LogP contribution in [0.3, 0.4) is 0 Å². The van der Waals surface area contributed by atoms with E-state index in [1.165, 1.54) is 12.1 Å². The predicted octanol–water partition coefficient (Wildman–Crippen LogP) is 2.63. The van der Waals surface area contributed by atoms with Crippen LogP contribution in [-0.2, 0) is 28.1 Å². The lowest BCUT2D eigenvalue weighted by Crippen LogP contribution is -2.33. The maximum Gasteiger partial charge on any atom is 0.140 e. The molecule has 0 aliphatic carbocycles. The van der Waals surface area contributed by atoms with Crippen molar-refractivity contribution in [3.63, 3.8) is 0 Å². The quantitative estimate of drug-likeness (QED) is 0.794. The van der Waals surface area contributed by atoms with E-state index < -0.39 is 0 Å². The fourth-order valence-corrected chi connectivity index (χ4v) is 2.90. The van der Waals surface area contributed by atoms with E-state index in [0.29, 0.717) is 11.2 Å². The summed E-state index contributed by atoms with van der Waals surface area (Å²) in [5, 5.41) is 0. The van der Waals surface area contributed by atoms with Gasteiger partial charge in [-0.25, -0.2) is 4.98 Å². The van der Waals surface area contributed by atoms with Gasteiger partial charge in [0, 0.05) is 24.3 Å². The Kier molecular flexibility index (Phi) is 3.21. The van der Waals surface area contributed by atoms with E-state index in [1.54, 1.807) is 0 Å². The number of aromatic nitrogens is 2. The summed E-state index contributed by atoms with van der Waals surface area (Å²) in [7, 11) is 0. The van der Waals surface area contributed by atoms with Crippen molar-refractivity contribution in [1.82, 2.24) is 9.97 Å². The molecule has 0 aromatic carbocycles. The lowest BCUT2D eigenvalue weighted by atomic mass is 9.94. The summed E-state index contributed by atoms with van der Waals surface area (Å²) in [4.78, 5) is 7.97. The molecule has 2 aliphatic rings. The van der Waals surface area contributed by atoms with Gasteiger partial charge in [-0.15, -0.1) is 0 Å². The second-order valence-electron chi connectivity index (χ2n) is 5.19. The number of rotatable bonds is 1. The normalized spacial score (nSPS) is 27.8. The lowest BCUT2D eigenvalue weighted by molar-refractivity contribution is -0.0764. The molecule has 18 heavy (non-hydrogen) atoms.